The topological polar surface area (TPSA) is 116 Å². The van der Waals surface area contributed by atoms with E-state index in [-0.39, 0.29) is 28.7 Å². The van der Waals surface area contributed by atoms with Gasteiger partial charge in [-0.3, -0.25) is 4.79 Å². The minimum absolute atomic E-state index is 0.0147. The minimum Gasteiger partial charge on any atom is -0.390 e. The molecule has 4 aliphatic carbocycles. The molecule has 0 spiro atoms. The van der Waals surface area contributed by atoms with Crippen molar-refractivity contribution in [3.05, 3.63) is 29.8 Å². The first-order valence-electron chi connectivity index (χ1n) is 11.1. The van der Waals surface area contributed by atoms with E-state index in [0.717, 1.165) is 19.3 Å². The summed E-state index contributed by atoms with van der Waals surface area (Å²) in [4.78, 5) is 13.1. The third-order valence-electron chi connectivity index (χ3n) is 7.37. The highest BCUT2D eigenvalue weighted by Gasteiger charge is 2.55. The summed E-state index contributed by atoms with van der Waals surface area (Å²) in [5, 5.41) is 23.9. The molecule has 4 aliphatic rings. The Hall–Kier alpha value is -1.48. The zero-order chi connectivity index (χ0) is 22.8. The summed E-state index contributed by atoms with van der Waals surface area (Å²) in [6.07, 6.45) is 4.33. The first-order chi connectivity index (χ1) is 14.2. The molecule has 8 heteroatoms. The van der Waals surface area contributed by atoms with Gasteiger partial charge >= 0.3 is 0 Å². The van der Waals surface area contributed by atoms with Gasteiger partial charge < -0.3 is 15.5 Å². The van der Waals surface area contributed by atoms with Crippen molar-refractivity contribution in [2.75, 3.05) is 0 Å². The molecule has 1 aromatic rings. The van der Waals surface area contributed by atoms with E-state index in [9.17, 15) is 23.4 Å². The molecule has 4 N–H and O–H groups in total. The average molecular weight is 451 g/mol. The summed E-state index contributed by atoms with van der Waals surface area (Å²) in [7, 11) is -3.93. The largest absolute Gasteiger partial charge is 0.390 e. The molecule has 0 aliphatic heterocycles. The minimum atomic E-state index is -3.93. The Morgan fingerprint density at radius 3 is 2.06 bits per heavy atom. The number of sulfonamides is 1. The fourth-order valence-corrected chi connectivity index (χ4v) is 7.41. The van der Waals surface area contributed by atoms with Crippen molar-refractivity contribution in [1.82, 2.24) is 10.0 Å². The van der Waals surface area contributed by atoms with Crippen LogP contribution in [0.15, 0.2) is 29.2 Å². The van der Waals surface area contributed by atoms with Crippen molar-refractivity contribution in [3.8, 4) is 0 Å². The Morgan fingerprint density at radius 1 is 1.03 bits per heavy atom. The van der Waals surface area contributed by atoms with Crippen LogP contribution in [0.3, 0.4) is 0 Å². The molecule has 5 rings (SSSR count). The van der Waals surface area contributed by atoms with Crippen molar-refractivity contribution in [2.45, 2.75) is 87.5 Å². The molecule has 31 heavy (non-hydrogen) atoms. The molecule has 172 valence electrons. The normalized spacial score (nSPS) is 32.8. The SMILES string of the molecule is CC(C)(NS(=O)(=O)c1ccc(C(C)(C)O)cc1)C(=O)NC1C2CC3CC1CC(O)(C3)C2. The van der Waals surface area contributed by atoms with Crippen molar-refractivity contribution < 1.29 is 23.4 Å². The van der Waals surface area contributed by atoms with Gasteiger partial charge in [0.2, 0.25) is 15.9 Å². The van der Waals surface area contributed by atoms with Crippen LogP contribution in [-0.4, -0.2) is 41.7 Å². The molecule has 2 unspecified atom stereocenters. The van der Waals surface area contributed by atoms with Gasteiger partial charge in [-0.05, 0) is 95.2 Å². The first kappa shape index (κ1) is 22.7. The monoisotopic (exact) mass is 450 g/mol. The summed E-state index contributed by atoms with van der Waals surface area (Å²) in [6, 6.07) is 5.99. The highest BCUT2D eigenvalue weighted by molar-refractivity contribution is 7.89. The maximum atomic E-state index is 13.1. The van der Waals surface area contributed by atoms with E-state index in [4.69, 9.17) is 0 Å². The first-order valence-corrected chi connectivity index (χ1v) is 12.6. The number of hydrogen-bond acceptors (Lipinski definition) is 5. The lowest BCUT2D eigenvalue weighted by molar-refractivity contribution is -0.148. The van der Waals surface area contributed by atoms with Crippen LogP contribution in [0.5, 0.6) is 0 Å². The lowest BCUT2D eigenvalue weighted by atomic mass is 9.52. The second kappa shape index (κ2) is 7.27. The predicted octanol–water partition coefficient (Wildman–Crippen LogP) is 2.03. The Morgan fingerprint density at radius 2 is 1.58 bits per heavy atom. The van der Waals surface area contributed by atoms with Crippen LogP contribution in [-0.2, 0) is 20.4 Å². The van der Waals surface area contributed by atoms with Crippen LogP contribution in [0, 0.1) is 17.8 Å². The smallest absolute Gasteiger partial charge is 0.241 e. The highest BCUT2D eigenvalue weighted by Crippen LogP contribution is 2.55. The van der Waals surface area contributed by atoms with Crippen molar-refractivity contribution in [3.63, 3.8) is 0 Å². The van der Waals surface area contributed by atoms with Gasteiger partial charge in [0.15, 0.2) is 0 Å². The molecule has 2 atom stereocenters. The Labute approximate surface area is 184 Å². The summed E-state index contributed by atoms with van der Waals surface area (Å²) in [5.74, 6) is 0.687. The fraction of sp³-hybridized carbons (Fsp3) is 0.696. The number of benzene rings is 1. The third kappa shape index (κ3) is 4.40. The molecule has 0 heterocycles. The summed E-state index contributed by atoms with van der Waals surface area (Å²) < 4.78 is 28.3. The van der Waals surface area contributed by atoms with Crippen LogP contribution in [0.25, 0.3) is 0 Å². The van der Waals surface area contributed by atoms with Crippen molar-refractivity contribution >= 4 is 15.9 Å². The second-order valence-corrected chi connectivity index (χ2v) is 12.7. The molecule has 1 aromatic carbocycles. The van der Waals surface area contributed by atoms with E-state index < -0.39 is 26.8 Å². The van der Waals surface area contributed by atoms with E-state index in [2.05, 4.69) is 10.0 Å². The predicted molar refractivity (Wildman–Crippen MR) is 117 cm³/mol. The molecular formula is C23H34N2O5S. The van der Waals surface area contributed by atoms with Gasteiger partial charge in [0.05, 0.1) is 16.1 Å². The molecular weight excluding hydrogens is 416 g/mol. The maximum absolute atomic E-state index is 13.1. The van der Waals surface area contributed by atoms with Gasteiger partial charge in [-0.25, -0.2) is 8.42 Å². The summed E-state index contributed by atoms with van der Waals surface area (Å²) in [6.45, 7) is 6.39. The van der Waals surface area contributed by atoms with Gasteiger partial charge in [-0.15, -0.1) is 0 Å². The Kier molecular flexibility index (Phi) is 5.32. The van der Waals surface area contributed by atoms with E-state index in [1.165, 1.54) is 12.1 Å². The number of carbonyl (C=O) groups is 1. The number of hydrogen-bond donors (Lipinski definition) is 4. The van der Waals surface area contributed by atoms with Gasteiger partial charge in [0.1, 0.15) is 5.54 Å². The number of nitrogens with one attached hydrogen (secondary N) is 2. The molecule has 1 amide bonds. The second-order valence-electron chi connectivity index (χ2n) is 11.0. The number of aliphatic hydroxyl groups is 2. The molecule has 4 bridgehead atoms. The number of amides is 1. The van der Waals surface area contributed by atoms with E-state index >= 15 is 0 Å². The zero-order valence-corrected chi connectivity index (χ0v) is 19.5. The fourth-order valence-electron chi connectivity index (χ4n) is 6.03. The van der Waals surface area contributed by atoms with Crippen LogP contribution in [0.1, 0.15) is 65.4 Å². The number of rotatable bonds is 6. The summed E-state index contributed by atoms with van der Waals surface area (Å²) in [5.41, 5.74) is -2.38. The highest BCUT2D eigenvalue weighted by atomic mass is 32.2. The van der Waals surface area contributed by atoms with Gasteiger partial charge in [-0.2, -0.15) is 4.72 Å². The zero-order valence-electron chi connectivity index (χ0n) is 18.7. The number of carbonyl (C=O) groups excluding carboxylic acids is 1. The molecule has 4 saturated carbocycles. The lowest BCUT2D eigenvalue weighted by Crippen LogP contribution is -2.65. The van der Waals surface area contributed by atoms with Crippen LogP contribution < -0.4 is 10.0 Å². The van der Waals surface area contributed by atoms with Crippen molar-refractivity contribution in [1.29, 1.82) is 0 Å². The molecule has 0 aromatic heterocycles. The molecule has 7 nitrogen and oxygen atoms in total. The molecule has 0 radical (unpaired) electrons. The molecule has 0 saturated heterocycles. The van der Waals surface area contributed by atoms with E-state index in [1.54, 1.807) is 39.8 Å². The van der Waals surface area contributed by atoms with Crippen LogP contribution >= 0.6 is 0 Å². The van der Waals surface area contributed by atoms with E-state index in [0.29, 0.717) is 24.3 Å². The average Bonchev–Trinajstić information content (AvgIpc) is 2.61. The Balaban J connectivity index is 1.45. The Bertz CT molecular complexity index is 949. The van der Waals surface area contributed by atoms with Gasteiger partial charge in [-0.1, -0.05) is 12.1 Å². The maximum Gasteiger partial charge on any atom is 0.241 e. The standard InChI is InChI=1S/C23H34N2O5S/c1-21(2,25-31(29,30)18-7-5-17(6-8-18)22(3,4)27)20(26)24-19-15-9-14-10-16(19)13-23(28,11-14)12-15/h5-8,14-16,19,25,27-28H,9-13H2,1-4H3,(H,24,26). The summed E-state index contributed by atoms with van der Waals surface area (Å²) >= 11 is 0. The molecule has 4 fully saturated rings. The van der Waals surface area contributed by atoms with Gasteiger partial charge in [0.25, 0.3) is 0 Å². The van der Waals surface area contributed by atoms with Crippen LogP contribution in [0.4, 0.5) is 0 Å². The van der Waals surface area contributed by atoms with Gasteiger partial charge in [0, 0.05) is 6.04 Å². The lowest BCUT2D eigenvalue weighted by Gasteiger charge is -2.58. The van der Waals surface area contributed by atoms with Crippen LogP contribution in [0.2, 0.25) is 0 Å². The third-order valence-corrected chi connectivity index (χ3v) is 9.04. The van der Waals surface area contributed by atoms with E-state index in [1.807, 2.05) is 0 Å². The quantitative estimate of drug-likeness (QED) is 0.529. The van der Waals surface area contributed by atoms with Crippen molar-refractivity contribution in [2.24, 2.45) is 17.8 Å².